The molecule has 1 heterocycles. The van der Waals surface area contributed by atoms with Gasteiger partial charge in [-0.1, -0.05) is 80.7 Å². The summed E-state index contributed by atoms with van der Waals surface area (Å²) in [6.07, 6.45) is 2.40. The number of allylic oxidation sites excluding steroid dienone is 4. The number of ketones is 2. The van der Waals surface area contributed by atoms with Crippen molar-refractivity contribution < 1.29 is 9.59 Å². The van der Waals surface area contributed by atoms with Crippen LogP contribution in [0.2, 0.25) is 10.0 Å². The lowest BCUT2D eigenvalue weighted by Crippen LogP contribution is -2.44. The highest BCUT2D eigenvalue weighted by atomic mass is 35.5. The van der Waals surface area contributed by atoms with Crippen LogP contribution in [-0.2, 0) is 9.59 Å². The molecule has 2 aliphatic carbocycles. The van der Waals surface area contributed by atoms with E-state index in [0.29, 0.717) is 22.9 Å². The number of nitrogens with zero attached hydrogens (tertiary/aromatic N) is 1. The third kappa shape index (κ3) is 4.27. The molecule has 5 rings (SSSR count). The highest BCUT2D eigenvalue weighted by molar-refractivity contribution is 6.42. The summed E-state index contributed by atoms with van der Waals surface area (Å²) in [6.45, 7) is 10.6. The SMILES string of the molecule is Cc1ccc(C2C3=C(CC(C)(C)CC3=O)N(c3ccc(Cl)c(Cl)c3)C3=C2C(=O)CC(C)(C)C3)cc1. The Balaban J connectivity index is 1.83. The fraction of sp³-hybridized carbons (Fsp3) is 0.400. The minimum atomic E-state index is -0.341. The maximum absolute atomic E-state index is 13.8. The number of carbonyl (C=O) groups excluding carboxylic acids is 2. The molecule has 2 aromatic rings. The van der Waals surface area contributed by atoms with Crippen LogP contribution in [0.15, 0.2) is 65.0 Å². The summed E-state index contributed by atoms with van der Waals surface area (Å²) in [5, 5.41) is 0.936. The molecule has 0 atom stereocenters. The molecule has 0 bridgehead atoms. The number of hydrogen-bond donors (Lipinski definition) is 0. The van der Waals surface area contributed by atoms with Crippen LogP contribution in [0.25, 0.3) is 0 Å². The van der Waals surface area contributed by atoms with Crippen molar-refractivity contribution in [2.75, 3.05) is 4.90 Å². The van der Waals surface area contributed by atoms with Crippen LogP contribution in [0.3, 0.4) is 0 Å². The van der Waals surface area contributed by atoms with Crippen molar-refractivity contribution in [1.29, 1.82) is 0 Å². The maximum atomic E-state index is 13.8. The molecule has 2 aromatic carbocycles. The first-order valence-electron chi connectivity index (χ1n) is 12.2. The summed E-state index contributed by atoms with van der Waals surface area (Å²) < 4.78 is 0. The Kier molecular flexibility index (Phi) is 5.81. The molecule has 0 N–H and O–H groups in total. The smallest absolute Gasteiger partial charge is 0.162 e. The molecule has 0 spiro atoms. The summed E-state index contributed by atoms with van der Waals surface area (Å²) >= 11 is 12.7. The van der Waals surface area contributed by atoms with Gasteiger partial charge >= 0.3 is 0 Å². The van der Waals surface area contributed by atoms with E-state index in [-0.39, 0.29) is 28.3 Å². The number of carbonyl (C=O) groups is 2. The molecule has 0 unspecified atom stereocenters. The fourth-order valence-corrected chi connectivity index (χ4v) is 6.29. The average molecular weight is 508 g/mol. The van der Waals surface area contributed by atoms with E-state index in [1.54, 1.807) is 6.07 Å². The molecule has 3 nitrogen and oxygen atoms in total. The van der Waals surface area contributed by atoms with Crippen molar-refractivity contribution in [1.82, 2.24) is 0 Å². The van der Waals surface area contributed by atoms with Gasteiger partial charge in [0.05, 0.1) is 10.0 Å². The zero-order valence-corrected chi connectivity index (χ0v) is 22.5. The van der Waals surface area contributed by atoms with Crippen LogP contribution in [0.5, 0.6) is 0 Å². The Morgan fingerprint density at radius 2 is 1.26 bits per heavy atom. The summed E-state index contributed by atoms with van der Waals surface area (Å²) in [6, 6.07) is 13.9. The molecule has 0 saturated carbocycles. The van der Waals surface area contributed by atoms with Crippen LogP contribution in [0, 0.1) is 17.8 Å². The van der Waals surface area contributed by atoms with Gasteiger partial charge in [0, 0.05) is 47.0 Å². The van der Waals surface area contributed by atoms with Gasteiger partial charge in [0.1, 0.15) is 0 Å². The maximum Gasteiger partial charge on any atom is 0.162 e. The molecule has 182 valence electrons. The molecule has 0 aromatic heterocycles. The monoisotopic (exact) mass is 507 g/mol. The molecular weight excluding hydrogens is 477 g/mol. The summed E-state index contributed by atoms with van der Waals surface area (Å²) in [5.41, 5.74) is 6.11. The second kappa shape index (κ2) is 8.35. The van der Waals surface area contributed by atoms with Gasteiger partial charge in [-0.3, -0.25) is 9.59 Å². The van der Waals surface area contributed by atoms with E-state index in [0.717, 1.165) is 52.2 Å². The average Bonchev–Trinajstić information content (AvgIpc) is 2.73. The predicted molar refractivity (Wildman–Crippen MR) is 143 cm³/mol. The van der Waals surface area contributed by atoms with E-state index in [9.17, 15) is 9.59 Å². The minimum Gasteiger partial charge on any atom is -0.317 e. The quantitative estimate of drug-likeness (QED) is 0.410. The van der Waals surface area contributed by atoms with Crippen LogP contribution in [0.1, 0.15) is 70.4 Å². The lowest BCUT2D eigenvalue weighted by Gasteiger charge is -2.49. The van der Waals surface area contributed by atoms with E-state index in [1.165, 1.54) is 0 Å². The van der Waals surface area contributed by atoms with E-state index >= 15 is 0 Å². The molecule has 0 saturated heterocycles. The number of halogens is 2. The van der Waals surface area contributed by atoms with Crippen molar-refractivity contribution in [3.63, 3.8) is 0 Å². The van der Waals surface area contributed by atoms with E-state index < -0.39 is 0 Å². The summed E-state index contributed by atoms with van der Waals surface area (Å²) in [7, 11) is 0. The van der Waals surface area contributed by atoms with Crippen molar-refractivity contribution in [2.45, 2.75) is 66.2 Å². The zero-order chi connectivity index (χ0) is 25.3. The number of benzene rings is 2. The lowest BCUT2D eigenvalue weighted by molar-refractivity contribution is -0.119. The third-order valence-electron chi connectivity index (χ3n) is 7.48. The standard InChI is InChI=1S/C30H31Cl2NO2/c1-17-6-8-18(9-7-17)26-27-22(13-29(2,3)15-24(27)34)33(19-10-11-20(31)21(32)12-19)23-14-30(4,5)16-25(35)28(23)26/h6-12,26H,13-16H2,1-5H3. The third-order valence-corrected chi connectivity index (χ3v) is 8.22. The first-order valence-corrected chi connectivity index (χ1v) is 13.0. The van der Waals surface area contributed by atoms with Crippen molar-refractivity contribution >= 4 is 40.5 Å². The van der Waals surface area contributed by atoms with Crippen LogP contribution >= 0.6 is 23.2 Å². The van der Waals surface area contributed by atoms with E-state index in [2.05, 4.69) is 63.8 Å². The Hall–Kier alpha value is -2.36. The molecule has 0 fully saturated rings. The van der Waals surface area contributed by atoms with Crippen LogP contribution < -0.4 is 4.90 Å². The molecule has 5 heteroatoms. The lowest BCUT2D eigenvalue weighted by atomic mass is 9.63. The number of hydrogen-bond acceptors (Lipinski definition) is 3. The van der Waals surface area contributed by atoms with Gasteiger partial charge in [-0.15, -0.1) is 0 Å². The normalized spacial score (nSPS) is 21.9. The van der Waals surface area contributed by atoms with Gasteiger partial charge in [0.2, 0.25) is 0 Å². The first-order chi connectivity index (χ1) is 16.4. The van der Waals surface area contributed by atoms with E-state index in [1.807, 2.05) is 12.1 Å². The summed E-state index contributed by atoms with van der Waals surface area (Å²) in [4.78, 5) is 29.8. The molecule has 0 radical (unpaired) electrons. The number of aryl methyl sites for hydroxylation is 1. The number of rotatable bonds is 2. The highest BCUT2D eigenvalue weighted by Gasteiger charge is 2.49. The van der Waals surface area contributed by atoms with Gasteiger partial charge in [0.15, 0.2) is 11.6 Å². The first kappa shape index (κ1) is 24.3. The molecular formula is C30H31Cl2NO2. The Morgan fingerprint density at radius 1 is 0.743 bits per heavy atom. The number of Topliss-reactive ketones (excluding diaryl/α,β-unsaturated/α-hetero) is 2. The Bertz CT molecular complexity index is 1260. The van der Waals surface area contributed by atoms with E-state index in [4.69, 9.17) is 23.2 Å². The van der Waals surface area contributed by atoms with Crippen LogP contribution in [0.4, 0.5) is 5.69 Å². The number of anilines is 1. The Labute approximate surface area is 217 Å². The molecule has 1 aliphatic heterocycles. The molecule has 3 aliphatic rings. The summed E-state index contributed by atoms with van der Waals surface area (Å²) in [5.74, 6) is -0.0982. The largest absolute Gasteiger partial charge is 0.317 e. The predicted octanol–water partition coefficient (Wildman–Crippen LogP) is 8.19. The Morgan fingerprint density at radius 3 is 1.74 bits per heavy atom. The minimum absolute atomic E-state index is 0.121. The molecule has 35 heavy (non-hydrogen) atoms. The van der Waals surface area contributed by atoms with Gasteiger partial charge in [-0.05, 0) is 54.4 Å². The van der Waals surface area contributed by atoms with Crippen LogP contribution in [-0.4, -0.2) is 11.6 Å². The molecule has 0 amide bonds. The van der Waals surface area contributed by atoms with Crippen molar-refractivity contribution in [3.8, 4) is 0 Å². The van der Waals surface area contributed by atoms with Crippen molar-refractivity contribution in [2.24, 2.45) is 10.8 Å². The van der Waals surface area contributed by atoms with Crippen molar-refractivity contribution in [3.05, 3.63) is 86.2 Å². The topological polar surface area (TPSA) is 37.4 Å². The van der Waals surface area contributed by atoms with Gasteiger partial charge in [-0.25, -0.2) is 0 Å². The highest BCUT2D eigenvalue weighted by Crippen LogP contribution is 2.55. The van der Waals surface area contributed by atoms with Gasteiger partial charge < -0.3 is 4.90 Å². The zero-order valence-electron chi connectivity index (χ0n) is 21.0. The van der Waals surface area contributed by atoms with Gasteiger partial charge in [0.25, 0.3) is 0 Å². The second-order valence-corrected chi connectivity index (χ2v) is 12.7. The van der Waals surface area contributed by atoms with Gasteiger partial charge in [-0.2, -0.15) is 0 Å². The fourth-order valence-electron chi connectivity index (χ4n) is 5.99. The second-order valence-electron chi connectivity index (χ2n) is 11.9.